The summed E-state index contributed by atoms with van der Waals surface area (Å²) in [6.07, 6.45) is 0. The van der Waals surface area contributed by atoms with Crippen molar-refractivity contribution >= 4 is 33.0 Å². The van der Waals surface area contributed by atoms with Crippen molar-refractivity contribution in [2.45, 2.75) is 31.6 Å². The Balaban J connectivity index is 1.35. The normalized spacial score (nSPS) is 16.0. The minimum absolute atomic E-state index is 0.104. The number of rotatable bonds is 3. The van der Waals surface area contributed by atoms with E-state index >= 15 is 0 Å². The third-order valence-electron chi connectivity index (χ3n) is 10.4. The predicted octanol–water partition coefficient (Wildman–Crippen LogP) is 10.6. The van der Waals surface area contributed by atoms with Crippen molar-refractivity contribution in [1.82, 2.24) is 9.55 Å². The van der Waals surface area contributed by atoms with Crippen LogP contribution in [0.5, 0.6) is 0 Å². The fourth-order valence-electron chi connectivity index (χ4n) is 8.46. The fourth-order valence-corrected chi connectivity index (χ4v) is 8.46. The van der Waals surface area contributed by atoms with E-state index in [1.54, 1.807) is 0 Å². The van der Waals surface area contributed by atoms with Gasteiger partial charge >= 0.3 is 0 Å². The van der Waals surface area contributed by atoms with Crippen molar-refractivity contribution in [3.05, 3.63) is 166 Å². The van der Waals surface area contributed by atoms with Crippen molar-refractivity contribution in [1.29, 1.82) is 5.26 Å². The second-order valence-corrected chi connectivity index (χ2v) is 13.2. The van der Waals surface area contributed by atoms with Crippen molar-refractivity contribution < 1.29 is 4.42 Å². The van der Waals surface area contributed by atoms with E-state index < -0.39 is 0 Å². The summed E-state index contributed by atoms with van der Waals surface area (Å²) in [6, 6.07) is 45.5. The Morgan fingerprint density at radius 2 is 1.40 bits per heavy atom. The van der Waals surface area contributed by atoms with Gasteiger partial charge < -0.3 is 4.42 Å². The molecule has 2 aromatic heterocycles. The highest BCUT2D eigenvalue weighted by Crippen LogP contribution is 2.57. The predicted molar refractivity (Wildman–Crippen MR) is 187 cm³/mol. The molecule has 0 saturated heterocycles. The molecule has 222 valence electrons. The molecule has 4 nitrogen and oxygen atoms in total. The largest absolute Gasteiger partial charge is 0.455 e. The van der Waals surface area contributed by atoms with E-state index in [0.717, 1.165) is 44.5 Å². The van der Waals surface area contributed by atoms with Gasteiger partial charge in [0.2, 0.25) is 0 Å². The van der Waals surface area contributed by atoms with Gasteiger partial charge in [-0.3, -0.25) is 4.57 Å². The van der Waals surface area contributed by atoms with Crippen molar-refractivity contribution in [2.75, 3.05) is 0 Å². The molecule has 0 N–H and O–H groups in total. The average Bonchev–Trinajstić information content (AvgIpc) is 3.70. The van der Waals surface area contributed by atoms with Crippen LogP contribution in [0.1, 0.15) is 76.1 Å². The van der Waals surface area contributed by atoms with Crippen LogP contribution in [-0.2, 0) is 0 Å². The molecule has 4 heteroatoms. The number of hydrogen-bond donors (Lipinski definition) is 0. The van der Waals surface area contributed by atoms with E-state index in [9.17, 15) is 5.26 Å². The van der Waals surface area contributed by atoms with Crippen molar-refractivity contribution in [2.24, 2.45) is 0 Å². The van der Waals surface area contributed by atoms with Crippen LogP contribution >= 0.6 is 0 Å². The third kappa shape index (κ3) is 3.49. The number of nitriles is 1. The van der Waals surface area contributed by atoms with Crippen LogP contribution in [0.3, 0.4) is 0 Å². The minimum atomic E-state index is 0.104. The Hall–Kier alpha value is -5.92. The maximum atomic E-state index is 9.58. The lowest BCUT2D eigenvalue weighted by Gasteiger charge is -2.42. The zero-order valence-corrected chi connectivity index (χ0v) is 26.0. The molecule has 0 amide bonds. The second-order valence-electron chi connectivity index (χ2n) is 13.2. The Morgan fingerprint density at radius 3 is 2.13 bits per heavy atom. The van der Waals surface area contributed by atoms with Crippen LogP contribution in [0.25, 0.3) is 50.0 Å². The third-order valence-corrected chi connectivity index (χ3v) is 10.4. The van der Waals surface area contributed by atoms with Gasteiger partial charge in [-0.05, 0) is 81.3 Å². The quantitative estimate of drug-likeness (QED) is 0.202. The van der Waals surface area contributed by atoms with E-state index in [-0.39, 0.29) is 11.8 Å². The monoisotopic (exact) mass is 603 g/mol. The first kappa shape index (κ1) is 26.3. The van der Waals surface area contributed by atoms with E-state index in [0.29, 0.717) is 17.1 Å². The lowest BCUT2D eigenvalue weighted by molar-refractivity contribution is 0.669. The van der Waals surface area contributed by atoms with Crippen LogP contribution in [0.2, 0.25) is 0 Å². The molecule has 6 aromatic carbocycles. The van der Waals surface area contributed by atoms with Gasteiger partial charge in [0.15, 0.2) is 0 Å². The van der Waals surface area contributed by atoms with Gasteiger partial charge in [0.1, 0.15) is 17.0 Å². The average molecular weight is 604 g/mol. The smallest absolute Gasteiger partial charge is 0.149 e. The number of para-hydroxylation sites is 2. The zero-order valence-electron chi connectivity index (χ0n) is 26.0. The van der Waals surface area contributed by atoms with Gasteiger partial charge in [-0.1, -0.05) is 98.8 Å². The number of hydrogen-bond acceptors (Lipinski definition) is 3. The summed E-state index contributed by atoms with van der Waals surface area (Å²) in [7, 11) is 0. The molecule has 0 fully saturated rings. The summed E-state index contributed by atoms with van der Waals surface area (Å²) in [5.74, 6) is 1.44. The molecule has 0 aliphatic heterocycles. The molecule has 0 unspecified atom stereocenters. The second kappa shape index (κ2) is 9.55. The van der Waals surface area contributed by atoms with Gasteiger partial charge in [0.05, 0.1) is 33.9 Å². The van der Waals surface area contributed by atoms with Gasteiger partial charge in [-0.15, -0.1) is 0 Å². The van der Waals surface area contributed by atoms with Crippen LogP contribution in [-0.4, -0.2) is 9.55 Å². The molecule has 3 aliphatic rings. The maximum absolute atomic E-state index is 9.58. The Bertz CT molecular complexity index is 2600. The lowest BCUT2D eigenvalue weighted by atomic mass is 9.61. The van der Waals surface area contributed by atoms with E-state index in [1.165, 1.54) is 38.9 Å². The number of aromatic nitrogens is 2. The van der Waals surface area contributed by atoms with E-state index in [4.69, 9.17) is 9.40 Å². The Morgan fingerprint density at radius 1 is 0.702 bits per heavy atom. The highest BCUT2D eigenvalue weighted by atomic mass is 16.3. The van der Waals surface area contributed by atoms with Gasteiger partial charge in [-0.2, -0.15) is 5.26 Å². The molecule has 8 aromatic rings. The molecule has 0 saturated carbocycles. The van der Waals surface area contributed by atoms with Gasteiger partial charge in [0.25, 0.3) is 0 Å². The summed E-state index contributed by atoms with van der Waals surface area (Å²) in [5.41, 5.74) is 15.8. The molecule has 2 bridgehead atoms. The van der Waals surface area contributed by atoms with Crippen molar-refractivity contribution in [3.63, 3.8) is 0 Å². The summed E-state index contributed by atoms with van der Waals surface area (Å²) in [6.45, 7) is 4.52. The summed E-state index contributed by atoms with van der Waals surface area (Å²) in [4.78, 5) is 5.47. The first-order chi connectivity index (χ1) is 23.1. The first-order valence-corrected chi connectivity index (χ1v) is 16.3. The maximum Gasteiger partial charge on any atom is 0.149 e. The zero-order chi connectivity index (χ0) is 31.4. The molecule has 47 heavy (non-hydrogen) atoms. The van der Waals surface area contributed by atoms with Crippen LogP contribution in [0, 0.1) is 11.3 Å². The van der Waals surface area contributed by atoms with Gasteiger partial charge in [-0.25, -0.2) is 4.98 Å². The molecular formula is C43H29N3O. The Kier molecular flexibility index (Phi) is 5.34. The SMILES string of the molecule is CC(C)c1ccccc1-n1c(-c2cccc3c2oc2cc(C#N)ccc23)nc2ccc3c(c21)C1c2ccccc2C3c2ccccc21. The molecule has 3 aliphatic carbocycles. The molecule has 0 atom stereocenters. The molecule has 2 heterocycles. The number of nitrogens with zero attached hydrogens (tertiary/aromatic N) is 3. The minimum Gasteiger partial charge on any atom is -0.455 e. The highest BCUT2D eigenvalue weighted by molar-refractivity contribution is 6.10. The van der Waals surface area contributed by atoms with E-state index in [2.05, 4.69) is 128 Å². The molecule has 0 radical (unpaired) electrons. The highest BCUT2D eigenvalue weighted by Gasteiger charge is 2.43. The molecule has 11 rings (SSSR count). The lowest BCUT2D eigenvalue weighted by Crippen LogP contribution is -2.28. The summed E-state index contributed by atoms with van der Waals surface area (Å²) < 4.78 is 9.01. The van der Waals surface area contributed by atoms with Crippen molar-refractivity contribution in [3.8, 4) is 23.1 Å². The first-order valence-electron chi connectivity index (χ1n) is 16.3. The topological polar surface area (TPSA) is 54.8 Å². The number of fused-ring (bicyclic) bond motifs is 4. The number of furan rings is 1. The molecule has 0 spiro atoms. The number of benzene rings is 6. The number of imidazole rings is 1. The van der Waals surface area contributed by atoms with Crippen LogP contribution in [0.15, 0.2) is 126 Å². The van der Waals surface area contributed by atoms with Crippen LogP contribution in [0.4, 0.5) is 0 Å². The summed E-state index contributed by atoms with van der Waals surface area (Å²) in [5, 5.41) is 11.6. The van der Waals surface area contributed by atoms with Crippen LogP contribution < -0.4 is 0 Å². The fraction of sp³-hybridized carbons (Fsp3) is 0.116. The van der Waals surface area contributed by atoms with E-state index in [1.807, 2.05) is 18.2 Å². The standard InChI is InChI=1S/C43H29N3O/c1-24(2)26-10-7-8-17-36(26)46-41-35(45-43(46)34-16-9-15-32-27-19-18-25(23-44)22-37(27)47-42(32)34)21-20-33-38-28-11-3-5-13-30(28)39(40(33)41)31-14-6-4-12-29(31)38/h3-22,24,38-39H,1-2H3. The summed E-state index contributed by atoms with van der Waals surface area (Å²) >= 11 is 0. The molecular weight excluding hydrogens is 574 g/mol. The van der Waals surface area contributed by atoms with Gasteiger partial charge in [0, 0.05) is 22.6 Å². The Labute approximate surface area is 272 Å².